The van der Waals surface area contributed by atoms with Gasteiger partial charge >= 0.3 is 0 Å². The van der Waals surface area contributed by atoms with Crippen molar-refractivity contribution in [2.75, 3.05) is 64.8 Å². The number of likely N-dealkylation sites (N-methyl/N-ethyl adjacent to an activating group) is 1. The van der Waals surface area contributed by atoms with E-state index in [-0.39, 0.29) is 22.9 Å². The van der Waals surface area contributed by atoms with Crippen molar-refractivity contribution >= 4 is 22.5 Å². The van der Waals surface area contributed by atoms with Gasteiger partial charge in [0.2, 0.25) is 5.43 Å². The van der Waals surface area contributed by atoms with Crippen LogP contribution in [0.25, 0.3) is 10.9 Å². The van der Waals surface area contributed by atoms with Gasteiger partial charge in [-0.25, -0.2) is 4.39 Å². The number of carbonyl (C=O) groups is 1. The molecule has 1 N–H and O–H groups in total. The molecule has 0 bridgehead atoms. The van der Waals surface area contributed by atoms with Crippen molar-refractivity contribution in [1.29, 1.82) is 0 Å². The number of hydrogen-bond donors (Lipinski definition) is 1. The Morgan fingerprint density at radius 2 is 1.91 bits per heavy atom. The standard InChI is InChI=1S/C24H34FN5O2/c1-4-28-10-12-29(13-11-28)22-15-21-18(14-20(22)25)23(31)19(16-30(21)17-6-7-17)24(32)26-8-5-9-27(2)3/h14-17H,4-13H2,1-3H3,(H,26,32). The Bertz CT molecular complexity index is 1040. The number of nitrogens with one attached hydrogen (secondary N) is 1. The third kappa shape index (κ3) is 4.81. The van der Waals surface area contributed by atoms with E-state index < -0.39 is 11.2 Å². The molecule has 32 heavy (non-hydrogen) atoms. The number of benzene rings is 1. The highest BCUT2D eigenvalue weighted by Gasteiger charge is 2.28. The minimum Gasteiger partial charge on any atom is -0.367 e. The van der Waals surface area contributed by atoms with Gasteiger partial charge < -0.3 is 24.6 Å². The molecule has 2 fully saturated rings. The Morgan fingerprint density at radius 3 is 2.53 bits per heavy atom. The molecular formula is C24H34FN5O2. The van der Waals surface area contributed by atoms with Gasteiger partial charge in [0.25, 0.3) is 5.91 Å². The Morgan fingerprint density at radius 1 is 1.19 bits per heavy atom. The van der Waals surface area contributed by atoms with Gasteiger partial charge in [-0.1, -0.05) is 6.92 Å². The molecule has 1 aliphatic heterocycles. The number of aromatic nitrogens is 1. The van der Waals surface area contributed by atoms with Crippen molar-refractivity contribution in [3.8, 4) is 0 Å². The maximum Gasteiger partial charge on any atom is 0.256 e. The average Bonchev–Trinajstić information content (AvgIpc) is 3.62. The number of amides is 1. The molecular weight excluding hydrogens is 409 g/mol. The quantitative estimate of drug-likeness (QED) is 0.635. The van der Waals surface area contributed by atoms with E-state index in [9.17, 15) is 9.59 Å². The van der Waals surface area contributed by atoms with Gasteiger partial charge in [0.05, 0.1) is 11.2 Å². The summed E-state index contributed by atoms with van der Waals surface area (Å²) in [5.41, 5.74) is 0.958. The predicted octanol–water partition coefficient (Wildman–Crippen LogP) is 2.30. The number of anilines is 1. The van der Waals surface area contributed by atoms with Gasteiger partial charge in [0.1, 0.15) is 11.4 Å². The molecule has 0 unspecified atom stereocenters. The largest absolute Gasteiger partial charge is 0.367 e. The SMILES string of the molecule is CCN1CCN(c2cc3c(cc2F)c(=O)c(C(=O)NCCCN(C)C)cn3C2CC2)CC1. The fraction of sp³-hybridized carbons (Fsp3) is 0.583. The number of fused-ring (bicyclic) bond motifs is 1. The van der Waals surface area contributed by atoms with E-state index in [0.717, 1.165) is 64.0 Å². The van der Waals surface area contributed by atoms with Crippen molar-refractivity contribution in [3.05, 3.63) is 39.9 Å². The van der Waals surface area contributed by atoms with Crippen molar-refractivity contribution in [3.63, 3.8) is 0 Å². The van der Waals surface area contributed by atoms with Crippen LogP contribution in [0.15, 0.2) is 23.1 Å². The highest BCUT2D eigenvalue weighted by molar-refractivity contribution is 5.97. The van der Waals surface area contributed by atoms with Crippen LogP contribution in [0.2, 0.25) is 0 Å². The third-order valence-corrected chi connectivity index (χ3v) is 6.51. The summed E-state index contributed by atoms with van der Waals surface area (Å²) in [6, 6.07) is 3.40. The van der Waals surface area contributed by atoms with Crippen LogP contribution < -0.4 is 15.6 Å². The van der Waals surface area contributed by atoms with Crippen LogP contribution >= 0.6 is 0 Å². The summed E-state index contributed by atoms with van der Waals surface area (Å²) in [5.74, 6) is -0.782. The predicted molar refractivity (Wildman–Crippen MR) is 126 cm³/mol. The summed E-state index contributed by atoms with van der Waals surface area (Å²) < 4.78 is 17.2. The maximum absolute atomic E-state index is 15.2. The van der Waals surface area contributed by atoms with Gasteiger partial charge in [0, 0.05) is 50.3 Å². The van der Waals surface area contributed by atoms with Crippen LogP contribution in [0.4, 0.5) is 10.1 Å². The van der Waals surface area contributed by atoms with Crippen molar-refractivity contribution in [2.24, 2.45) is 0 Å². The van der Waals surface area contributed by atoms with Crippen molar-refractivity contribution < 1.29 is 9.18 Å². The normalized spacial score (nSPS) is 17.3. The number of nitrogens with zero attached hydrogens (tertiary/aromatic N) is 4. The molecule has 2 aliphatic rings. The van der Waals surface area contributed by atoms with Crippen molar-refractivity contribution in [1.82, 2.24) is 19.7 Å². The molecule has 1 amide bonds. The monoisotopic (exact) mass is 443 g/mol. The molecule has 1 saturated heterocycles. The molecule has 4 rings (SSSR count). The van der Waals surface area contributed by atoms with E-state index in [1.165, 1.54) is 6.07 Å². The molecule has 0 spiro atoms. The Kier molecular flexibility index (Phi) is 6.81. The minimum absolute atomic E-state index is 0.0953. The van der Waals surface area contributed by atoms with Gasteiger partial charge in [-0.05, 0) is 58.6 Å². The highest BCUT2D eigenvalue weighted by Crippen LogP contribution is 2.38. The summed E-state index contributed by atoms with van der Waals surface area (Å²) in [7, 11) is 3.96. The van der Waals surface area contributed by atoms with Crippen molar-refractivity contribution in [2.45, 2.75) is 32.2 Å². The molecule has 174 valence electrons. The Hall–Kier alpha value is -2.45. The lowest BCUT2D eigenvalue weighted by molar-refractivity contribution is 0.0950. The first-order valence-corrected chi connectivity index (χ1v) is 11.7. The van der Waals surface area contributed by atoms with E-state index in [1.807, 2.05) is 29.6 Å². The Labute approximate surface area is 188 Å². The molecule has 8 heteroatoms. The second-order valence-corrected chi connectivity index (χ2v) is 9.17. The lowest BCUT2D eigenvalue weighted by Crippen LogP contribution is -2.46. The molecule has 1 aliphatic carbocycles. The van der Waals surface area contributed by atoms with Gasteiger partial charge in [-0.3, -0.25) is 9.59 Å². The summed E-state index contributed by atoms with van der Waals surface area (Å²) in [5, 5.41) is 3.13. The molecule has 2 aromatic rings. The first-order chi connectivity index (χ1) is 15.4. The number of carbonyl (C=O) groups excluding carboxylic acids is 1. The highest BCUT2D eigenvalue weighted by atomic mass is 19.1. The lowest BCUT2D eigenvalue weighted by atomic mass is 10.1. The van der Waals surface area contributed by atoms with E-state index >= 15 is 4.39 Å². The molecule has 2 heterocycles. The van der Waals surface area contributed by atoms with Crippen LogP contribution in [0.1, 0.15) is 42.6 Å². The first kappa shape index (κ1) is 22.7. The Balaban J connectivity index is 1.65. The number of pyridine rings is 1. The molecule has 1 aromatic carbocycles. The average molecular weight is 444 g/mol. The van der Waals surface area contributed by atoms with Crippen LogP contribution in [-0.2, 0) is 0 Å². The number of piperazine rings is 1. The van der Waals surface area contributed by atoms with E-state index in [2.05, 4.69) is 22.0 Å². The van der Waals surface area contributed by atoms with E-state index in [4.69, 9.17) is 0 Å². The topological polar surface area (TPSA) is 60.8 Å². The maximum atomic E-state index is 15.2. The van der Waals surface area contributed by atoms with Gasteiger partial charge in [0.15, 0.2) is 0 Å². The second-order valence-electron chi connectivity index (χ2n) is 9.17. The lowest BCUT2D eigenvalue weighted by Gasteiger charge is -2.35. The summed E-state index contributed by atoms with van der Waals surface area (Å²) in [6.07, 6.45) is 4.49. The number of hydrogen-bond acceptors (Lipinski definition) is 5. The second kappa shape index (κ2) is 9.58. The molecule has 0 atom stereocenters. The minimum atomic E-state index is -0.400. The molecule has 1 saturated carbocycles. The van der Waals surface area contributed by atoms with E-state index in [0.29, 0.717) is 12.2 Å². The fourth-order valence-corrected chi connectivity index (χ4v) is 4.41. The third-order valence-electron chi connectivity index (χ3n) is 6.51. The van der Waals surface area contributed by atoms with Crippen LogP contribution in [0, 0.1) is 5.82 Å². The fourth-order valence-electron chi connectivity index (χ4n) is 4.41. The molecule has 1 aromatic heterocycles. The summed E-state index contributed by atoms with van der Waals surface area (Å²) in [6.45, 7) is 7.80. The molecule has 0 radical (unpaired) electrons. The zero-order valence-electron chi connectivity index (χ0n) is 19.4. The first-order valence-electron chi connectivity index (χ1n) is 11.7. The number of rotatable bonds is 8. The summed E-state index contributed by atoms with van der Waals surface area (Å²) in [4.78, 5) is 32.4. The van der Waals surface area contributed by atoms with Crippen LogP contribution in [-0.4, -0.2) is 80.2 Å². The molecule has 7 nitrogen and oxygen atoms in total. The van der Waals surface area contributed by atoms with Gasteiger partial charge in [-0.2, -0.15) is 0 Å². The zero-order chi connectivity index (χ0) is 22.8. The smallest absolute Gasteiger partial charge is 0.256 e. The zero-order valence-corrected chi connectivity index (χ0v) is 19.4. The van der Waals surface area contributed by atoms with Gasteiger partial charge in [-0.15, -0.1) is 0 Å². The summed E-state index contributed by atoms with van der Waals surface area (Å²) >= 11 is 0. The van der Waals surface area contributed by atoms with Crippen LogP contribution in [0.3, 0.4) is 0 Å². The van der Waals surface area contributed by atoms with Crippen LogP contribution in [0.5, 0.6) is 0 Å². The number of halogens is 1. The van der Waals surface area contributed by atoms with E-state index in [1.54, 1.807) is 6.20 Å².